The summed E-state index contributed by atoms with van der Waals surface area (Å²) < 4.78 is 5.82. The SMILES string of the molecule is CC/C=C/C=C/C=C\C=C/C=C/CC(CC(=O)NC(CO)C(O)CCCCCCCCCCCCCCC)OC(=O)CCCCCCCCC/C=C\CCCCCC. The van der Waals surface area contributed by atoms with Crippen LogP contribution in [0.5, 0.6) is 0 Å². The molecule has 334 valence electrons. The fourth-order valence-electron chi connectivity index (χ4n) is 6.97. The van der Waals surface area contributed by atoms with Crippen molar-refractivity contribution in [3.05, 3.63) is 72.9 Å². The first-order chi connectivity index (χ1) is 28.5. The lowest BCUT2D eigenvalue weighted by atomic mass is 10.0. The minimum absolute atomic E-state index is 0.0220. The van der Waals surface area contributed by atoms with Gasteiger partial charge in [-0.3, -0.25) is 9.59 Å². The number of allylic oxidation sites excluding steroid dienone is 11. The number of rotatable bonds is 42. The van der Waals surface area contributed by atoms with Crippen molar-refractivity contribution in [2.75, 3.05) is 6.61 Å². The highest BCUT2D eigenvalue weighted by atomic mass is 16.5. The molecule has 0 heterocycles. The molecule has 3 N–H and O–H groups in total. The summed E-state index contributed by atoms with van der Waals surface area (Å²) in [6.07, 6.45) is 57.0. The van der Waals surface area contributed by atoms with Gasteiger partial charge < -0.3 is 20.3 Å². The zero-order chi connectivity index (χ0) is 42.4. The smallest absolute Gasteiger partial charge is 0.306 e. The van der Waals surface area contributed by atoms with E-state index in [1.54, 1.807) is 0 Å². The number of hydrogen-bond acceptors (Lipinski definition) is 5. The fourth-order valence-corrected chi connectivity index (χ4v) is 6.97. The third kappa shape index (κ3) is 40.1. The summed E-state index contributed by atoms with van der Waals surface area (Å²) in [4.78, 5) is 26.0. The summed E-state index contributed by atoms with van der Waals surface area (Å²) in [5, 5.41) is 23.6. The highest BCUT2D eigenvalue weighted by molar-refractivity contribution is 5.77. The molecule has 6 heteroatoms. The van der Waals surface area contributed by atoms with Crippen LogP contribution in [-0.4, -0.2) is 46.9 Å². The van der Waals surface area contributed by atoms with Gasteiger partial charge >= 0.3 is 5.97 Å². The molecule has 0 spiro atoms. The van der Waals surface area contributed by atoms with Gasteiger partial charge in [0.05, 0.1) is 25.2 Å². The minimum Gasteiger partial charge on any atom is -0.461 e. The summed E-state index contributed by atoms with van der Waals surface area (Å²) in [7, 11) is 0. The Bertz CT molecular complexity index is 1090. The first-order valence-electron chi connectivity index (χ1n) is 24.2. The van der Waals surface area contributed by atoms with Crippen LogP contribution in [0, 0.1) is 0 Å². The number of unbranched alkanes of at least 4 members (excludes halogenated alkanes) is 23. The maximum absolute atomic E-state index is 13.1. The van der Waals surface area contributed by atoms with Crippen molar-refractivity contribution in [3.8, 4) is 0 Å². The van der Waals surface area contributed by atoms with Crippen molar-refractivity contribution in [1.29, 1.82) is 0 Å². The highest BCUT2D eigenvalue weighted by Crippen LogP contribution is 2.16. The molecule has 0 radical (unpaired) electrons. The van der Waals surface area contributed by atoms with Crippen LogP contribution in [0.2, 0.25) is 0 Å². The van der Waals surface area contributed by atoms with Gasteiger partial charge in [0.25, 0.3) is 0 Å². The van der Waals surface area contributed by atoms with E-state index in [2.05, 4.69) is 44.3 Å². The van der Waals surface area contributed by atoms with Crippen LogP contribution in [0.4, 0.5) is 0 Å². The summed E-state index contributed by atoms with van der Waals surface area (Å²) in [6.45, 7) is 6.27. The van der Waals surface area contributed by atoms with Gasteiger partial charge in [-0.15, -0.1) is 0 Å². The molecule has 0 aromatic heterocycles. The maximum Gasteiger partial charge on any atom is 0.306 e. The molecule has 3 atom stereocenters. The third-order valence-electron chi connectivity index (χ3n) is 10.6. The Balaban J connectivity index is 4.67. The first kappa shape index (κ1) is 55.3. The Morgan fingerprint density at radius 2 is 0.966 bits per heavy atom. The molecule has 3 unspecified atom stereocenters. The van der Waals surface area contributed by atoms with Crippen molar-refractivity contribution < 1.29 is 24.5 Å². The molecule has 0 aromatic rings. The second kappa shape index (κ2) is 45.4. The Kier molecular flexibility index (Phi) is 43.3. The quantitative estimate of drug-likeness (QED) is 0.0247. The Morgan fingerprint density at radius 1 is 0.534 bits per heavy atom. The number of amides is 1. The van der Waals surface area contributed by atoms with E-state index < -0.39 is 18.2 Å². The summed E-state index contributed by atoms with van der Waals surface area (Å²) in [5.41, 5.74) is 0. The van der Waals surface area contributed by atoms with E-state index in [0.29, 0.717) is 19.3 Å². The molecule has 0 aromatic carbocycles. The predicted molar refractivity (Wildman–Crippen MR) is 250 cm³/mol. The second-order valence-electron chi connectivity index (χ2n) is 16.3. The molecule has 0 saturated carbocycles. The van der Waals surface area contributed by atoms with Gasteiger partial charge in [0.1, 0.15) is 6.10 Å². The Hall–Kier alpha value is -2.70. The monoisotopic (exact) mass is 810 g/mol. The molecule has 0 fully saturated rings. The number of esters is 1. The minimum atomic E-state index is -0.819. The van der Waals surface area contributed by atoms with E-state index in [1.165, 1.54) is 128 Å². The van der Waals surface area contributed by atoms with Gasteiger partial charge in [-0.05, 0) is 44.9 Å². The summed E-state index contributed by atoms with van der Waals surface area (Å²) >= 11 is 0. The fraction of sp³-hybridized carbons (Fsp3) is 0.731. The standard InChI is InChI=1S/C52H91NO5/c1-4-7-10-13-16-19-22-24-25-27-30-33-36-39-42-45-52(57)58-48(43-40-37-34-31-28-21-18-15-12-9-6-3)46-51(56)53-49(47-54)50(55)44-41-38-35-32-29-26-23-20-17-14-11-8-5-2/h9,12,15,18-19,21-22,28,31,34,37,40,48-50,54-55H,4-8,10-11,13-14,16-17,20,23-27,29-30,32-33,35-36,38-39,41-47H2,1-3H3,(H,53,56)/b12-9+,18-15+,22-19-,28-21-,34-31-,40-37+. The number of nitrogens with one attached hydrogen (secondary N) is 1. The average molecular weight is 810 g/mol. The van der Waals surface area contributed by atoms with E-state index in [1.807, 2.05) is 54.7 Å². The maximum atomic E-state index is 13.1. The normalized spacial score (nSPS) is 13.9. The second-order valence-corrected chi connectivity index (χ2v) is 16.3. The van der Waals surface area contributed by atoms with Crippen molar-refractivity contribution in [2.24, 2.45) is 0 Å². The zero-order valence-electron chi connectivity index (χ0n) is 37.9. The van der Waals surface area contributed by atoms with Crippen molar-refractivity contribution in [3.63, 3.8) is 0 Å². The molecule has 6 nitrogen and oxygen atoms in total. The van der Waals surface area contributed by atoms with Crippen molar-refractivity contribution >= 4 is 11.9 Å². The lowest BCUT2D eigenvalue weighted by Gasteiger charge is -2.24. The van der Waals surface area contributed by atoms with E-state index in [0.717, 1.165) is 44.9 Å². The molecule has 0 aliphatic rings. The van der Waals surface area contributed by atoms with Crippen molar-refractivity contribution in [2.45, 2.75) is 238 Å². The predicted octanol–water partition coefficient (Wildman–Crippen LogP) is 14.2. The number of carbonyl (C=O) groups excluding carboxylic acids is 2. The largest absolute Gasteiger partial charge is 0.461 e. The molecule has 0 bridgehead atoms. The number of aliphatic hydroxyl groups excluding tert-OH is 2. The van der Waals surface area contributed by atoms with Crippen LogP contribution in [0.15, 0.2) is 72.9 Å². The van der Waals surface area contributed by atoms with E-state index in [4.69, 9.17) is 4.74 Å². The van der Waals surface area contributed by atoms with Gasteiger partial charge in [-0.25, -0.2) is 0 Å². The Morgan fingerprint density at radius 3 is 1.47 bits per heavy atom. The topological polar surface area (TPSA) is 95.9 Å². The molecule has 1 amide bonds. The first-order valence-corrected chi connectivity index (χ1v) is 24.2. The van der Waals surface area contributed by atoms with Gasteiger partial charge in [0.15, 0.2) is 0 Å². The third-order valence-corrected chi connectivity index (χ3v) is 10.6. The molecule has 0 aliphatic carbocycles. The van der Waals surface area contributed by atoms with E-state index in [9.17, 15) is 19.8 Å². The van der Waals surface area contributed by atoms with Gasteiger partial charge in [0.2, 0.25) is 5.91 Å². The van der Waals surface area contributed by atoms with Gasteiger partial charge in [0, 0.05) is 12.8 Å². The Labute approximate surface area is 358 Å². The lowest BCUT2D eigenvalue weighted by Crippen LogP contribution is -2.46. The molecular weight excluding hydrogens is 719 g/mol. The highest BCUT2D eigenvalue weighted by Gasteiger charge is 2.23. The van der Waals surface area contributed by atoms with Gasteiger partial charge in [-0.1, -0.05) is 229 Å². The van der Waals surface area contributed by atoms with Crippen LogP contribution in [-0.2, 0) is 14.3 Å². The zero-order valence-corrected chi connectivity index (χ0v) is 37.9. The average Bonchev–Trinajstić information content (AvgIpc) is 3.22. The van der Waals surface area contributed by atoms with Crippen LogP contribution < -0.4 is 5.32 Å². The van der Waals surface area contributed by atoms with E-state index >= 15 is 0 Å². The molecule has 0 rings (SSSR count). The van der Waals surface area contributed by atoms with Crippen LogP contribution in [0.25, 0.3) is 0 Å². The van der Waals surface area contributed by atoms with Crippen LogP contribution in [0.1, 0.15) is 220 Å². The van der Waals surface area contributed by atoms with Crippen molar-refractivity contribution in [1.82, 2.24) is 5.32 Å². The molecule has 58 heavy (non-hydrogen) atoms. The summed E-state index contributed by atoms with van der Waals surface area (Å²) in [5.74, 6) is -0.615. The molecule has 0 aliphatic heterocycles. The number of carbonyl (C=O) groups is 2. The molecule has 0 saturated heterocycles. The molecular formula is C52H91NO5. The number of ether oxygens (including phenoxy) is 1. The number of hydrogen-bond donors (Lipinski definition) is 3. The van der Waals surface area contributed by atoms with E-state index in [-0.39, 0.29) is 24.9 Å². The number of aliphatic hydroxyl groups is 2. The lowest BCUT2D eigenvalue weighted by molar-refractivity contribution is -0.150. The van der Waals surface area contributed by atoms with Crippen LogP contribution in [0.3, 0.4) is 0 Å². The summed E-state index contributed by atoms with van der Waals surface area (Å²) in [6, 6.07) is -0.741. The van der Waals surface area contributed by atoms with Crippen LogP contribution >= 0.6 is 0 Å². The van der Waals surface area contributed by atoms with Gasteiger partial charge in [-0.2, -0.15) is 0 Å².